The number of rotatable bonds is 5. The van der Waals surface area contributed by atoms with Crippen LogP contribution in [0.15, 0.2) is 76.7 Å². The van der Waals surface area contributed by atoms with Crippen molar-refractivity contribution < 1.29 is 5.11 Å². The smallest absolute Gasteiger partial charge is 0.206 e. The molecule has 0 saturated carbocycles. The van der Waals surface area contributed by atoms with Crippen LogP contribution in [0.1, 0.15) is 18.1 Å². The fraction of sp³-hybridized carbons (Fsp3) is 0.143. The average Bonchev–Trinajstić information content (AvgIpc) is 3.03. The number of aromatic hydroxyl groups is 1. The van der Waals surface area contributed by atoms with Crippen LogP contribution < -0.4 is 4.80 Å². The lowest BCUT2D eigenvalue weighted by Crippen LogP contribution is -2.14. The summed E-state index contributed by atoms with van der Waals surface area (Å²) in [6.07, 6.45) is 1.77. The lowest BCUT2D eigenvalue weighted by Gasteiger charge is -2.07. The second kappa shape index (κ2) is 7.97. The molecular formula is C21H21N3OS. The highest BCUT2D eigenvalue weighted by Gasteiger charge is 2.08. The van der Waals surface area contributed by atoms with Gasteiger partial charge in [-0.1, -0.05) is 35.9 Å². The first-order chi connectivity index (χ1) is 12.6. The zero-order valence-corrected chi connectivity index (χ0v) is 15.7. The van der Waals surface area contributed by atoms with Crippen LogP contribution in [0.25, 0.3) is 11.3 Å². The quantitative estimate of drug-likeness (QED) is 0.523. The maximum Gasteiger partial charge on any atom is 0.206 e. The van der Waals surface area contributed by atoms with Gasteiger partial charge in [-0.15, -0.1) is 17.9 Å². The highest BCUT2D eigenvalue weighted by Crippen LogP contribution is 2.21. The third-order valence-corrected chi connectivity index (χ3v) is 4.78. The third kappa shape index (κ3) is 4.00. The minimum Gasteiger partial charge on any atom is -0.508 e. The Balaban J connectivity index is 2.12. The molecule has 0 amide bonds. The molecule has 0 spiro atoms. The maximum absolute atomic E-state index is 9.48. The van der Waals surface area contributed by atoms with E-state index in [4.69, 9.17) is 5.10 Å². The number of aromatic nitrogens is 1. The summed E-state index contributed by atoms with van der Waals surface area (Å²) in [5.74, 6) is 0.242. The zero-order chi connectivity index (χ0) is 18.5. The summed E-state index contributed by atoms with van der Waals surface area (Å²) in [5, 5.41) is 16.4. The SMILES string of the molecule is C=CCN=c1scc(-c2ccc(C)cc2)n1N=C(C)c1ccc(O)cc1. The molecule has 0 aliphatic rings. The van der Waals surface area contributed by atoms with Crippen LogP contribution in [-0.4, -0.2) is 22.0 Å². The summed E-state index contributed by atoms with van der Waals surface area (Å²) in [6, 6.07) is 15.4. The molecule has 0 fully saturated rings. The number of hydrogen-bond acceptors (Lipinski definition) is 4. The van der Waals surface area contributed by atoms with E-state index in [-0.39, 0.29) is 5.75 Å². The normalized spacial score (nSPS) is 12.4. The first-order valence-electron chi connectivity index (χ1n) is 8.32. The minimum atomic E-state index is 0.242. The molecular weight excluding hydrogens is 342 g/mol. The first kappa shape index (κ1) is 17.9. The molecule has 0 atom stereocenters. The van der Waals surface area contributed by atoms with E-state index in [0.717, 1.165) is 27.3 Å². The molecule has 0 saturated heterocycles. The second-order valence-corrected chi connectivity index (χ2v) is 6.78. The number of aryl methyl sites for hydroxylation is 1. The van der Waals surface area contributed by atoms with Gasteiger partial charge in [-0.05, 0) is 43.7 Å². The first-order valence-corrected chi connectivity index (χ1v) is 9.20. The van der Waals surface area contributed by atoms with Crippen LogP contribution in [0.4, 0.5) is 0 Å². The standard InChI is InChI=1S/C21H21N3OS/c1-4-13-22-21-24(23-16(3)17-9-11-19(25)12-10-17)20(14-26-21)18-7-5-15(2)6-8-18/h4-12,14,25H,1,13H2,2-3H3. The summed E-state index contributed by atoms with van der Waals surface area (Å²) < 4.78 is 1.88. The molecule has 0 aliphatic heterocycles. The Morgan fingerprint density at radius 1 is 1.15 bits per heavy atom. The third-order valence-electron chi connectivity index (χ3n) is 3.92. The number of phenols is 1. The highest BCUT2D eigenvalue weighted by molar-refractivity contribution is 7.07. The molecule has 2 aromatic carbocycles. The molecule has 26 heavy (non-hydrogen) atoms. The van der Waals surface area contributed by atoms with Gasteiger partial charge in [0.1, 0.15) is 5.75 Å². The van der Waals surface area contributed by atoms with Crippen molar-refractivity contribution in [1.29, 1.82) is 0 Å². The maximum atomic E-state index is 9.48. The number of hydrogen-bond donors (Lipinski definition) is 1. The van der Waals surface area contributed by atoms with Crippen LogP contribution in [-0.2, 0) is 0 Å². The van der Waals surface area contributed by atoms with Crippen molar-refractivity contribution in [2.45, 2.75) is 13.8 Å². The largest absolute Gasteiger partial charge is 0.508 e. The summed E-state index contributed by atoms with van der Waals surface area (Å²) in [7, 11) is 0. The van der Waals surface area contributed by atoms with Gasteiger partial charge in [-0.2, -0.15) is 5.10 Å². The van der Waals surface area contributed by atoms with Gasteiger partial charge < -0.3 is 5.11 Å². The molecule has 132 valence electrons. The molecule has 0 radical (unpaired) electrons. The van der Waals surface area contributed by atoms with E-state index in [1.165, 1.54) is 5.56 Å². The Kier molecular flexibility index (Phi) is 5.49. The van der Waals surface area contributed by atoms with E-state index in [0.29, 0.717) is 6.54 Å². The summed E-state index contributed by atoms with van der Waals surface area (Å²) >= 11 is 1.56. The van der Waals surface area contributed by atoms with Crippen molar-refractivity contribution in [2.24, 2.45) is 10.1 Å². The monoisotopic (exact) mass is 363 g/mol. The van der Waals surface area contributed by atoms with Crippen LogP contribution in [0.2, 0.25) is 0 Å². The van der Waals surface area contributed by atoms with Gasteiger partial charge in [0, 0.05) is 10.9 Å². The van der Waals surface area contributed by atoms with Crippen molar-refractivity contribution in [1.82, 2.24) is 4.68 Å². The van der Waals surface area contributed by atoms with E-state index < -0.39 is 0 Å². The molecule has 1 aromatic heterocycles. The van der Waals surface area contributed by atoms with Crippen LogP contribution in [0.3, 0.4) is 0 Å². The number of benzene rings is 2. The Labute approximate surface area is 157 Å². The summed E-state index contributed by atoms with van der Waals surface area (Å²) in [6.45, 7) is 8.31. The molecule has 3 rings (SSSR count). The van der Waals surface area contributed by atoms with Gasteiger partial charge >= 0.3 is 0 Å². The van der Waals surface area contributed by atoms with E-state index >= 15 is 0 Å². The Morgan fingerprint density at radius 3 is 2.50 bits per heavy atom. The van der Waals surface area contributed by atoms with Crippen molar-refractivity contribution in [2.75, 3.05) is 6.54 Å². The minimum absolute atomic E-state index is 0.242. The highest BCUT2D eigenvalue weighted by atomic mass is 32.1. The Bertz CT molecular complexity index is 993. The predicted molar refractivity (Wildman–Crippen MR) is 109 cm³/mol. The van der Waals surface area contributed by atoms with Gasteiger partial charge in [-0.25, -0.2) is 4.68 Å². The van der Waals surface area contributed by atoms with Crippen molar-refractivity contribution in [3.63, 3.8) is 0 Å². The van der Waals surface area contributed by atoms with Crippen molar-refractivity contribution >= 4 is 17.0 Å². The number of nitrogens with zero attached hydrogens (tertiary/aromatic N) is 3. The van der Waals surface area contributed by atoms with Crippen LogP contribution in [0, 0.1) is 6.92 Å². The van der Waals surface area contributed by atoms with Gasteiger partial charge in [0.2, 0.25) is 4.80 Å². The predicted octanol–water partition coefficient (Wildman–Crippen LogP) is 4.59. The molecule has 0 aliphatic carbocycles. The lowest BCUT2D eigenvalue weighted by atomic mass is 10.1. The van der Waals surface area contributed by atoms with Crippen molar-refractivity contribution in [3.8, 4) is 17.0 Å². The molecule has 1 N–H and O–H groups in total. The van der Waals surface area contributed by atoms with Crippen molar-refractivity contribution in [3.05, 3.63) is 82.5 Å². The molecule has 3 aromatic rings. The van der Waals surface area contributed by atoms with E-state index in [2.05, 4.69) is 48.1 Å². The molecule has 0 unspecified atom stereocenters. The summed E-state index contributed by atoms with van der Waals surface area (Å²) in [4.78, 5) is 5.38. The van der Waals surface area contributed by atoms with Crippen LogP contribution >= 0.6 is 11.3 Å². The second-order valence-electron chi connectivity index (χ2n) is 5.94. The zero-order valence-electron chi connectivity index (χ0n) is 14.9. The number of thiazole rings is 1. The fourth-order valence-corrected chi connectivity index (χ4v) is 3.32. The van der Waals surface area contributed by atoms with Gasteiger partial charge in [-0.3, -0.25) is 4.99 Å². The fourth-order valence-electron chi connectivity index (χ4n) is 2.48. The molecule has 0 bridgehead atoms. The van der Waals surface area contributed by atoms with Gasteiger partial charge in [0.05, 0.1) is 18.0 Å². The average molecular weight is 363 g/mol. The van der Waals surface area contributed by atoms with E-state index in [1.54, 1.807) is 29.5 Å². The number of phenolic OH excluding ortho intramolecular Hbond substituents is 1. The van der Waals surface area contributed by atoms with Gasteiger partial charge in [0.25, 0.3) is 0 Å². The Morgan fingerprint density at radius 2 is 1.85 bits per heavy atom. The summed E-state index contributed by atoms with van der Waals surface area (Å²) in [5.41, 5.74) is 5.10. The lowest BCUT2D eigenvalue weighted by molar-refractivity contribution is 0.475. The topological polar surface area (TPSA) is 49.9 Å². The molecule has 5 heteroatoms. The van der Waals surface area contributed by atoms with Crippen LogP contribution in [0.5, 0.6) is 5.75 Å². The van der Waals surface area contributed by atoms with E-state index in [1.807, 2.05) is 23.7 Å². The Hall–Kier alpha value is -2.92. The van der Waals surface area contributed by atoms with E-state index in [9.17, 15) is 5.11 Å². The molecule has 4 nitrogen and oxygen atoms in total. The van der Waals surface area contributed by atoms with Gasteiger partial charge in [0.15, 0.2) is 0 Å². The molecule has 1 heterocycles.